The number of ether oxygens (including phenoxy) is 2. The molecule has 0 bridgehead atoms. The maximum Gasteiger partial charge on any atom is 0.302 e. The largest absolute Gasteiger partial charge is 0.465 e. The van der Waals surface area contributed by atoms with Gasteiger partial charge in [-0.25, -0.2) is 0 Å². The first-order valence-corrected chi connectivity index (χ1v) is 3.97. The zero-order valence-electron chi connectivity index (χ0n) is 8.00. The Kier molecular flexibility index (Phi) is 6.70. The molecule has 0 saturated heterocycles. The predicted molar refractivity (Wildman–Crippen MR) is 46.0 cm³/mol. The summed E-state index contributed by atoms with van der Waals surface area (Å²) in [5.74, 6) is -0.227. The molecule has 0 amide bonds. The number of methoxy groups -OCH3 is 1. The van der Waals surface area contributed by atoms with Gasteiger partial charge in [0.1, 0.15) is 6.61 Å². The van der Waals surface area contributed by atoms with Crippen molar-refractivity contribution in [3.05, 3.63) is 0 Å². The molecule has 0 aromatic heterocycles. The Bertz CT molecular complexity index is 127. The molecule has 0 spiro atoms. The Labute approximate surface area is 73.4 Å². The summed E-state index contributed by atoms with van der Waals surface area (Å²) < 4.78 is 9.66. The van der Waals surface area contributed by atoms with Gasteiger partial charge in [0.15, 0.2) is 0 Å². The molecule has 0 rings (SSSR count). The second-order valence-corrected chi connectivity index (χ2v) is 2.64. The van der Waals surface area contributed by atoms with E-state index in [0.29, 0.717) is 13.2 Å². The minimum Gasteiger partial charge on any atom is -0.465 e. The molecule has 0 fully saturated rings. The van der Waals surface area contributed by atoms with Gasteiger partial charge in [0.2, 0.25) is 0 Å². The first-order chi connectivity index (χ1) is 5.66. The molecule has 0 aliphatic rings. The van der Waals surface area contributed by atoms with E-state index in [-0.39, 0.29) is 5.97 Å². The standard InChI is InChI=1S/C8H17NO3/c1-8(10)12-7-5-9(2)4-6-11-3/h4-7H2,1-3H3. The van der Waals surface area contributed by atoms with Gasteiger partial charge in [-0.3, -0.25) is 4.79 Å². The van der Waals surface area contributed by atoms with Crippen molar-refractivity contribution >= 4 is 5.97 Å². The van der Waals surface area contributed by atoms with Crippen molar-refractivity contribution in [3.8, 4) is 0 Å². The maximum absolute atomic E-state index is 10.4. The third-order valence-corrected chi connectivity index (χ3v) is 1.46. The van der Waals surface area contributed by atoms with Crippen LogP contribution >= 0.6 is 0 Å². The predicted octanol–water partition coefficient (Wildman–Crippen LogP) is 0.128. The van der Waals surface area contributed by atoms with E-state index in [1.807, 2.05) is 11.9 Å². The van der Waals surface area contributed by atoms with Gasteiger partial charge in [0.25, 0.3) is 0 Å². The third kappa shape index (κ3) is 7.50. The maximum atomic E-state index is 10.4. The minimum absolute atomic E-state index is 0.227. The number of likely N-dealkylation sites (N-methyl/N-ethyl adjacent to an activating group) is 1. The van der Waals surface area contributed by atoms with Crippen LogP contribution in [0.3, 0.4) is 0 Å². The van der Waals surface area contributed by atoms with Gasteiger partial charge in [0.05, 0.1) is 6.61 Å². The lowest BCUT2D eigenvalue weighted by atomic mass is 10.5. The Morgan fingerprint density at radius 3 is 2.42 bits per heavy atom. The molecule has 0 aliphatic carbocycles. The summed E-state index contributed by atoms with van der Waals surface area (Å²) in [7, 11) is 3.63. The highest BCUT2D eigenvalue weighted by Gasteiger charge is 1.98. The van der Waals surface area contributed by atoms with Crippen molar-refractivity contribution < 1.29 is 14.3 Å². The number of rotatable bonds is 6. The van der Waals surface area contributed by atoms with Crippen molar-refractivity contribution in [3.63, 3.8) is 0 Å². The van der Waals surface area contributed by atoms with Crippen LogP contribution < -0.4 is 0 Å². The van der Waals surface area contributed by atoms with Crippen LogP contribution in [0, 0.1) is 0 Å². The van der Waals surface area contributed by atoms with Crippen LogP contribution in [0.5, 0.6) is 0 Å². The van der Waals surface area contributed by atoms with E-state index >= 15 is 0 Å². The normalized spacial score (nSPS) is 10.3. The zero-order chi connectivity index (χ0) is 9.40. The highest BCUT2D eigenvalue weighted by atomic mass is 16.5. The lowest BCUT2D eigenvalue weighted by Crippen LogP contribution is -2.27. The van der Waals surface area contributed by atoms with Gasteiger partial charge >= 0.3 is 5.97 Å². The van der Waals surface area contributed by atoms with E-state index in [2.05, 4.69) is 0 Å². The third-order valence-electron chi connectivity index (χ3n) is 1.46. The Hall–Kier alpha value is -0.610. The number of carbonyl (C=O) groups is 1. The molecule has 0 aromatic carbocycles. The molecule has 0 aliphatic heterocycles. The number of hydrogen-bond acceptors (Lipinski definition) is 4. The van der Waals surface area contributed by atoms with Gasteiger partial charge in [-0.05, 0) is 7.05 Å². The first-order valence-electron chi connectivity index (χ1n) is 3.97. The monoisotopic (exact) mass is 175 g/mol. The fraction of sp³-hybridized carbons (Fsp3) is 0.875. The summed E-state index contributed by atoms with van der Waals surface area (Å²) in [4.78, 5) is 12.4. The number of hydrogen-bond donors (Lipinski definition) is 0. The molecule has 0 atom stereocenters. The topological polar surface area (TPSA) is 38.8 Å². The van der Waals surface area contributed by atoms with E-state index in [4.69, 9.17) is 9.47 Å². The van der Waals surface area contributed by atoms with Crippen LogP contribution in [0.4, 0.5) is 0 Å². The minimum atomic E-state index is -0.227. The fourth-order valence-corrected chi connectivity index (χ4v) is 0.704. The van der Waals surface area contributed by atoms with Gasteiger partial charge in [0, 0.05) is 27.1 Å². The summed E-state index contributed by atoms with van der Waals surface area (Å²) >= 11 is 0. The first kappa shape index (κ1) is 11.4. The molecule has 0 saturated carbocycles. The Morgan fingerprint density at radius 1 is 1.33 bits per heavy atom. The summed E-state index contributed by atoms with van der Waals surface area (Å²) in [5, 5.41) is 0. The summed E-state index contributed by atoms with van der Waals surface area (Å²) in [6, 6.07) is 0. The molecule has 12 heavy (non-hydrogen) atoms. The van der Waals surface area contributed by atoms with Gasteiger partial charge in [-0.15, -0.1) is 0 Å². The molecule has 0 unspecified atom stereocenters. The van der Waals surface area contributed by atoms with Crippen molar-refractivity contribution in [2.45, 2.75) is 6.92 Å². The van der Waals surface area contributed by atoms with Crippen molar-refractivity contribution in [2.75, 3.05) is 40.5 Å². The van der Waals surface area contributed by atoms with Gasteiger partial charge in [-0.2, -0.15) is 0 Å². The smallest absolute Gasteiger partial charge is 0.302 e. The molecule has 4 heteroatoms. The highest BCUT2D eigenvalue weighted by molar-refractivity contribution is 5.65. The zero-order valence-corrected chi connectivity index (χ0v) is 8.00. The van der Waals surface area contributed by atoms with Crippen LogP contribution in [-0.4, -0.2) is 51.3 Å². The van der Waals surface area contributed by atoms with Gasteiger partial charge in [-0.1, -0.05) is 0 Å². The molecular weight excluding hydrogens is 158 g/mol. The van der Waals surface area contributed by atoms with Crippen LogP contribution in [0.2, 0.25) is 0 Å². The summed E-state index contributed by atoms with van der Waals surface area (Å²) in [6.07, 6.45) is 0. The molecule has 0 aromatic rings. The van der Waals surface area contributed by atoms with Crippen molar-refractivity contribution in [1.82, 2.24) is 4.90 Å². The van der Waals surface area contributed by atoms with E-state index in [0.717, 1.165) is 13.1 Å². The summed E-state index contributed by atoms with van der Waals surface area (Å²) in [5.41, 5.74) is 0. The molecule has 0 N–H and O–H groups in total. The van der Waals surface area contributed by atoms with Crippen molar-refractivity contribution in [1.29, 1.82) is 0 Å². The number of nitrogens with zero attached hydrogens (tertiary/aromatic N) is 1. The Morgan fingerprint density at radius 2 is 1.92 bits per heavy atom. The lowest BCUT2D eigenvalue weighted by Gasteiger charge is -2.15. The Balaban J connectivity index is 3.19. The van der Waals surface area contributed by atoms with E-state index in [1.165, 1.54) is 6.92 Å². The lowest BCUT2D eigenvalue weighted by molar-refractivity contribution is -0.141. The molecule has 72 valence electrons. The van der Waals surface area contributed by atoms with Crippen LogP contribution in [0.25, 0.3) is 0 Å². The van der Waals surface area contributed by atoms with E-state index in [9.17, 15) is 4.79 Å². The second kappa shape index (κ2) is 7.06. The molecule has 4 nitrogen and oxygen atoms in total. The average Bonchev–Trinajstić information content (AvgIpc) is 2.00. The van der Waals surface area contributed by atoms with Crippen LogP contribution in [-0.2, 0) is 14.3 Å². The molecule has 0 heterocycles. The van der Waals surface area contributed by atoms with E-state index in [1.54, 1.807) is 7.11 Å². The number of carbonyl (C=O) groups excluding carboxylic acids is 1. The molecule has 0 radical (unpaired) electrons. The number of esters is 1. The second-order valence-electron chi connectivity index (χ2n) is 2.64. The van der Waals surface area contributed by atoms with Gasteiger partial charge < -0.3 is 14.4 Å². The SMILES string of the molecule is COCCN(C)CCOC(C)=O. The van der Waals surface area contributed by atoms with Crippen molar-refractivity contribution in [2.24, 2.45) is 0 Å². The average molecular weight is 175 g/mol. The molecular formula is C8H17NO3. The van der Waals surface area contributed by atoms with Crippen LogP contribution in [0.15, 0.2) is 0 Å². The summed E-state index contributed by atoms with van der Waals surface area (Å²) in [6.45, 7) is 4.18. The highest BCUT2D eigenvalue weighted by Crippen LogP contribution is 1.84. The van der Waals surface area contributed by atoms with E-state index < -0.39 is 0 Å². The quantitative estimate of drug-likeness (QED) is 0.538. The van der Waals surface area contributed by atoms with Crippen LogP contribution in [0.1, 0.15) is 6.92 Å². The fourth-order valence-electron chi connectivity index (χ4n) is 0.704.